The van der Waals surface area contributed by atoms with Gasteiger partial charge in [0.25, 0.3) is 10.0 Å². The van der Waals surface area contributed by atoms with E-state index in [9.17, 15) is 8.42 Å². The van der Waals surface area contributed by atoms with Crippen LogP contribution in [0.3, 0.4) is 0 Å². The van der Waals surface area contributed by atoms with E-state index in [-0.39, 0.29) is 15.6 Å². The Bertz CT molecular complexity index is 704. The molecule has 8 heteroatoms. The van der Waals surface area contributed by atoms with Gasteiger partial charge in [-0.1, -0.05) is 17.7 Å². The molecule has 1 aromatic carbocycles. The maximum atomic E-state index is 12.3. The first-order valence-corrected chi connectivity index (χ1v) is 7.25. The first-order chi connectivity index (χ1) is 8.81. The van der Waals surface area contributed by atoms with Crippen molar-refractivity contribution in [1.82, 2.24) is 9.78 Å². The molecule has 0 saturated heterocycles. The van der Waals surface area contributed by atoms with Crippen molar-refractivity contribution < 1.29 is 8.42 Å². The van der Waals surface area contributed by atoms with Crippen LogP contribution < -0.4 is 10.5 Å². The fourth-order valence-corrected chi connectivity index (χ4v) is 3.46. The lowest BCUT2D eigenvalue weighted by Crippen LogP contribution is -2.17. The number of nitrogens with two attached hydrogens (primary N) is 1. The molecule has 0 saturated carbocycles. The number of rotatable bonds is 3. The Hall–Kier alpha value is -1.73. The Morgan fingerprint density at radius 1 is 1.42 bits per heavy atom. The molecule has 0 bridgehead atoms. The topological polar surface area (TPSA) is 90.0 Å². The number of anilines is 2. The smallest absolute Gasteiger partial charge is 0.266 e. The van der Waals surface area contributed by atoms with Crippen molar-refractivity contribution in [3.8, 4) is 0 Å². The zero-order valence-corrected chi connectivity index (χ0v) is 12.0. The summed E-state index contributed by atoms with van der Waals surface area (Å²) in [6.07, 6.45) is 0. The third-order valence-corrected chi connectivity index (χ3v) is 4.41. The molecule has 1 heterocycles. The number of hydrogen-bond donors (Lipinski definition) is 2. The summed E-state index contributed by atoms with van der Waals surface area (Å²) in [5.74, 6) is 0.344. The Morgan fingerprint density at radius 2 is 2.11 bits per heavy atom. The average molecular weight is 301 g/mol. The first kappa shape index (κ1) is 13.7. The third-order valence-electron chi connectivity index (χ3n) is 2.51. The number of nitrogens with zero attached hydrogens (tertiary/aromatic N) is 2. The van der Waals surface area contributed by atoms with Gasteiger partial charge >= 0.3 is 0 Å². The number of nitrogen functional groups attached to an aromatic ring is 1. The van der Waals surface area contributed by atoms with E-state index in [0.717, 1.165) is 0 Å². The molecule has 1 aromatic heterocycles. The minimum atomic E-state index is -3.85. The molecule has 2 rings (SSSR count). The number of aromatic nitrogens is 2. The van der Waals surface area contributed by atoms with Gasteiger partial charge in [-0.2, -0.15) is 5.10 Å². The van der Waals surface area contributed by atoms with Crippen LogP contribution >= 0.6 is 11.6 Å². The lowest BCUT2D eigenvalue weighted by atomic mass is 10.3. The highest BCUT2D eigenvalue weighted by molar-refractivity contribution is 7.93. The van der Waals surface area contributed by atoms with Gasteiger partial charge in [0.15, 0.2) is 0 Å². The van der Waals surface area contributed by atoms with Gasteiger partial charge < -0.3 is 5.73 Å². The normalized spacial score (nSPS) is 11.5. The molecule has 102 valence electrons. The molecule has 0 amide bonds. The zero-order valence-electron chi connectivity index (χ0n) is 10.4. The predicted octanol–water partition coefficient (Wildman–Crippen LogP) is 1.76. The van der Waals surface area contributed by atoms with E-state index in [1.54, 1.807) is 26.1 Å². The molecule has 0 aliphatic carbocycles. The van der Waals surface area contributed by atoms with Gasteiger partial charge in [-0.15, -0.1) is 0 Å². The molecule has 19 heavy (non-hydrogen) atoms. The molecule has 0 atom stereocenters. The van der Waals surface area contributed by atoms with Gasteiger partial charge in [0, 0.05) is 13.1 Å². The lowest BCUT2D eigenvalue weighted by molar-refractivity contribution is 0.600. The maximum absolute atomic E-state index is 12.3. The summed E-state index contributed by atoms with van der Waals surface area (Å²) < 4.78 is 28.4. The number of benzene rings is 1. The van der Waals surface area contributed by atoms with Gasteiger partial charge in [0.2, 0.25) is 0 Å². The van der Waals surface area contributed by atoms with Crippen molar-refractivity contribution in [2.24, 2.45) is 7.05 Å². The van der Waals surface area contributed by atoms with E-state index in [0.29, 0.717) is 11.5 Å². The third kappa shape index (κ3) is 2.66. The largest absolute Gasteiger partial charge is 0.398 e. The molecule has 0 radical (unpaired) electrons. The standard InChI is InChI=1S/C11H13ClN4O2S/c1-7-6-10(16(2)14-7)15-19(17,18)11-8(12)4-3-5-9(11)13/h3-6,15H,13H2,1-2H3. The van der Waals surface area contributed by atoms with E-state index in [2.05, 4.69) is 9.82 Å². The summed E-state index contributed by atoms with van der Waals surface area (Å²) in [5, 5.41) is 4.13. The van der Waals surface area contributed by atoms with Gasteiger partial charge in [-0.3, -0.25) is 9.40 Å². The van der Waals surface area contributed by atoms with Crippen LogP contribution in [0, 0.1) is 6.92 Å². The van der Waals surface area contributed by atoms with Crippen molar-refractivity contribution in [3.05, 3.63) is 35.0 Å². The van der Waals surface area contributed by atoms with Crippen molar-refractivity contribution in [2.75, 3.05) is 10.5 Å². The van der Waals surface area contributed by atoms with Gasteiger partial charge in [0.1, 0.15) is 10.7 Å². The van der Waals surface area contributed by atoms with Gasteiger partial charge in [0.05, 0.1) is 16.4 Å². The van der Waals surface area contributed by atoms with E-state index >= 15 is 0 Å². The SMILES string of the molecule is Cc1cc(NS(=O)(=O)c2c(N)cccc2Cl)n(C)n1. The minimum absolute atomic E-state index is 0.0754. The van der Waals surface area contributed by atoms with Crippen LogP contribution in [0.15, 0.2) is 29.2 Å². The fraction of sp³-hybridized carbons (Fsp3) is 0.182. The molecule has 6 nitrogen and oxygen atoms in total. The molecule has 0 aliphatic heterocycles. The van der Waals surface area contributed by atoms with Crippen molar-refractivity contribution in [2.45, 2.75) is 11.8 Å². The van der Waals surface area contributed by atoms with E-state index in [1.807, 2.05) is 0 Å². The predicted molar refractivity (Wildman–Crippen MR) is 74.6 cm³/mol. The summed E-state index contributed by atoms with van der Waals surface area (Å²) >= 11 is 5.90. The Morgan fingerprint density at radius 3 is 2.63 bits per heavy atom. The summed E-state index contributed by atoms with van der Waals surface area (Å²) in [7, 11) is -2.21. The van der Waals surface area contributed by atoms with Crippen LogP contribution in [0.5, 0.6) is 0 Å². The maximum Gasteiger partial charge on any atom is 0.266 e. The van der Waals surface area contributed by atoms with Crippen LogP contribution in [-0.4, -0.2) is 18.2 Å². The van der Waals surface area contributed by atoms with Crippen LogP contribution in [-0.2, 0) is 17.1 Å². The Labute approximate surface area is 116 Å². The van der Waals surface area contributed by atoms with Crippen LogP contribution in [0.2, 0.25) is 5.02 Å². The highest BCUT2D eigenvalue weighted by atomic mass is 35.5. The van der Waals surface area contributed by atoms with Gasteiger partial charge in [-0.05, 0) is 19.1 Å². The molecule has 0 spiro atoms. The number of hydrogen-bond acceptors (Lipinski definition) is 4. The first-order valence-electron chi connectivity index (χ1n) is 5.39. The van der Waals surface area contributed by atoms with E-state index in [1.165, 1.54) is 16.8 Å². The lowest BCUT2D eigenvalue weighted by Gasteiger charge is -2.11. The zero-order chi connectivity index (χ0) is 14.2. The highest BCUT2D eigenvalue weighted by Crippen LogP contribution is 2.28. The average Bonchev–Trinajstić information content (AvgIpc) is 2.55. The van der Waals surface area contributed by atoms with Crippen LogP contribution in [0.25, 0.3) is 0 Å². The molecular formula is C11H13ClN4O2S. The molecule has 2 aromatic rings. The highest BCUT2D eigenvalue weighted by Gasteiger charge is 2.22. The molecule has 3 N–H and O–H groups in total. The Balaban J connectivity index is 2.47. The summed E-state index contributed by atoms with van der Waals surface area (Å²) in [4.78, 5) is -0.129. The molecule has 0 unspecified atom stereocenters. The van der Waals surface area contributed by atoms with E-state index in [4.69, 9.17) is 17.3 Å². The molecular weight excluding hydrogens is 288 g/mol. The second-order valence-electron chi connectivity index (χ2n) is 4.06. The van der Waals surface area contributed by atoms with Crippen LogP contribution in [0.4, 0.5) is 11.5 Å². The number of nitrogens with one attached hydrogen (secondary N) is 1. The molecule has 0 aliphatic rings. The second-order valence-corrected chi connectivity index (χ2v) is 6.08. The second kappa shape index (κ2) is 4.75. The van der Waals surface area contributed by atoms with Crippen molar-refractivity contribution in [3.63, 3.8) is 0 Å². The number of halogens is 1. The number of aryl methyl sites for hydroxylation is 2. The van der Waals surface area contributed by atoms with Gasteiger partial charge in [-0.25, -0.2) is 8.42 Å². The van der Waals surface area contributed by atoms with Crippen molar-refractivity contribution in [1.29, 1.82) is 0 Å². The van der Waals surface area contributed by atoms with Crippen molar-refractivity contribution >= 4 is 33.1 Å². The summed E-state index contributed by atoms with van der Waals surface area (Å²) in [6.45, 7) is 1.77. The quantitative estimate of drug-likeness (QED) is 0.845. The van der Waals surface area contributed by atoms with Crippen LogP contribution in [0.1, 0.15) is 5.69 Å². The summed E-state index contributed by atoms with van der Waals surface area (Å²) in [6, 6.07) is 6.16. The minimum Gasteiger partial charge on any atom is -0.398 e. The summed E-state index contributed by atoms with van der Waals surface area (Å²) in [5.41, 5.74) is 6.48. The number of sulfonamides is 1. The monoisotopic (exact) mass is 300 g/mol. The Kier molecular flexibility index (Phi) is 3.42. The van der Waals surface area contributed by atoms with E-state index < -0.39 is 10.0 Å². The fourth-order valence-electron chi connectivity index (χ4n) is 1.70. The molecule has 0 fully saturated rings.